The molecule has 1 saturated heterocycles. The number of carbonyl (C=O) groups excluding carboxylic acids is 1. The Balaban J connectivity index is 0.00000192. The van der Waals surface area contributed by atoms with E-state index in [1.165, 1.54) is 12.5 Å². The minimum Gasteiger partial charge on any atom is -0.327 e. The highest BCUT2D eigenvalue weighted by Crippen LogP contribution is 2.35. The topological polar surface area (TPSA) is 58.4 Å². The van der Waals surface area contributed by atoms with E-state index in [0.717, 1.165) is 38.1 Å². The number of fused-ring (bicyclic) bond motifs is 1. The minimum absolute atomic E-state index is 0. The molecule has 3 N–H and O–H groups in total. The molecule has 7 heteroatoms. The molecular weight excluding hydrogens is 324 g/mol. The van der Waals surface area contributed by atoms with Crippen LogP contribution in [0.15, 0.2) is 18.2 Å². The third-order valence-electron chi connectivity index (χ3n) is 4.80. The third-order valence-corrected chi connectivity index (χ3v) is 4.80. The Morgan fingerprint density at radius 1 is 1.26 bits per heavy atom. The highest BCUT2D eigenvalue weighted by atomic mass is 35.5. The molecule has 23 heavy (non-hydrogen) atoms. The maximum Gasteiger partial charge on any atom is 0.238 e. The first kappa shape index (κ1) is 18.1. The summed E-state index contributed by atoms with van der Waals surface area (Å²) in [6.45, 7) is 2.00. The summed E-state index contributed by atoms with van der Waals surface area (Å²) in [7, 11) is 0. The van der Waals surface area contributed by atoms with Gasteiger partial charge in [-0.2, -0.15) is 0 Å². The molecule has 0 spiro atoms. The van der Waals surface area contributed by atoms with E-state index < -0.39 is 11.6 Å². The average Bonchev–Trinajstić information content (AvgIpc) is 2.87. The smallest absolute Gasteiger partial charge is 0.238 e. The Labute approximate surface area is 140 Å². The van der Waals surface area contributed by atoms with Gasteiger partial charge in [-0.1, -0.05) is 6.42 Å². The van der Waals surface area contributed by atoms with E-state index in [1.807, 2.05) is 0 Å². The molecule has 1 aromatic rings. The molecule has 4 nitrogen and oxygen atoms in total. The number of halogens is 3. The number of nitrogens with one attached hydrogen (secondary N) is 1. The van der Waals surface area contributed by atoms with Crippen LogP contribution in [0.4, 0.5) is 14.5 Å². The quantitative estimate of drug-likeness (QED) is 0.884. The van der Waals surface area contributed by atoms with Crippen molar-refractivity contribution in [1.82, 2.24) is 4.90 Å². The van der Waals surface area contributed by atoms with Gasteiger partial charge in [0.2, 0.25) is 5.91 Å². The van der Waals surface area contributed by atoms with Gasteiger partial charge in [0.05, 0.1) is 6.54 Å². The lowest BCUT2D eigenvalue weighted by Crippen LogP contribution is -2.38. The first-order valence-corrected chi connectivity index (χ1v) is 7.76. The van der Waals surface area contributed by atoms with Crippen molar-refractivity contribution in [3.8, 4) is 0 Å². The minimum atomic E-state index is -0.962. The van der Waals surface area contributed by atoms with Crippen LogP contribution in [-0.2, 0) is 4.79 Å². The largest absolute Gasteiger partial charge is 0.327 e. The third kappa shape index (κ3) is 4.19. The lowest BCUT2D eigenvalue weighted by atomic mass is 9.78. The Hall–Kier alpha value is -1.24. The highest BCUT2D eigenvalue weighted by Gasteiger charge is 2.38. The van der Waals surface area contributed by atoms with Crippen molar-refractivity contribution in [2.24, 2.45) is 17.6 Å². The van der Waals surface area contributed by atoms with Crippen molar-refractivity contribution in [3.63, 3.8) is 0 Å². The van der Waals surface area contributed by atoms with E-state index >= 15 is 0 Å². The number of nitrogens with zero attached hydrogens (tertiary/aromatic N) is 1. The molecule has 2 fully saturated rings. The normalized spacial score (nSPS) is 27.2. The second kappa shape index (κ2) is 7.55. The molecule has 0 radical (unpaired) electrons. The Bertz CT molecular complexity index is 572. The zero-order chi connectivity index (χ0) is 15.7. The van der Waals surface area contributed by atoms with Crippen molar-refractivity contribution in [1.29, 1.82) is 0 Å². The molecule has 1 aromatic carbocycles. The molecule has 1 amide bonds. The van der Waals surface area contributed by atoms with Gasteiger partial charge in [-0.15, -0.1) is 12.4 Å². The number of nitrogens with two attached hydrogens (primary N) is 1. The number of amides is 1. The SMILES string of the molecule is Cl.NC1CCCC2CN(CC(=O)Nc3ccc(F)c(F)c3)CC12. The van der Waals surface area contributed by atoms with Gasteiger partial charge < -0.3 is 11.1 Å². The van der Waals surface area contributed by atoms with Gasteiger partial charge in [-0.25, -0.2) is 8.78 Å². The van der Waals surface area contributed by atoms with Crippen molar-refractivity contribution in [2.75, 3.05) is 25.0 Å². The number of benzene rings is 1. The summed E-state index contributed by atoms with van der Waals surface area (Å²) in [5, 5.41) is 2.61. The van der Waals surface area contributed by atoms with Gasteiger partial charge in [-0.05, 0) is 36.8 Å². The molecule has 1 heterocycles. The summed E-state index contributed by atoms with van der Waals surface area (Å²) in [4.78, 5) is 14.2. The predicted octanol–water partition coefficient (Wildman–Crippen LogP) is 2.38. The fraction of sp³-hybridized carbons (Fsp3) is 0.562. The van der Waals surface area contributed by atoms with Crippen LogP contribution in [0.5, 0.6) is 0 Å². The molecule has 0 bridgehead atoms. The summed E-state index contributed by atoms with van der Waals surface area (Å²) >= 11 is 0. The maximum atomic E-state index is 13.1. The number of rotatable bonds is 3. The van der Waals surface area contributed by atoms with E-state index in [2.05, 4.69) is 10.2 Å². The van der Waals surface area contributed by atoms with Crippen molar-refractivity contribution in [3.05, 3.63) is 29.8 Å². The summed E-state index contributed by atoms with van der Waals surface area (Å²) < 4.78 is 26.0. The van der Waals surface area contributed by atoms with Crippen LogP contribution in [0.25, 0.3) is 0 Å². The molecular formula is C16H22ClF2N3O. The average molecular weight is 346 g/mol. The van der Waals surface area contributed by atoms with E-state index in [1.54, 1.807) is 0 Å². The van der Waals surface area contributed by atoms with Crippen molar-refractivity contribution < 1.29 is 13.6 Å². The molecule has 128 valence electrons. The second-order valence-corrected chi connectivity index (χ2v) is 6.39. The molecule has 3 rings (SSSR count). The van der Waals surface area contributed by atoms with Crippen LogP contribution >= 0.6 is 12.4 Å². The van der Waals surface area contributed by atoms with Gasteiger partial charge in [0.1, 0.15) is 0 Å². The van der Waals surface area contributed by atoms with Crippen LogP contribution in [-0.4, -0.2) is 36.5 Å². The highest BCUT2D eigenvalue weighted by molar-refractivity contribution is 5.92. The van der Waals surface area contributed by atoms with Crippen LogP contribution < -0.4 is 11.1 Å². The lowest BCUT2D eigenvalue weighted by molar-refractivity contribution is -0.117. The first-order valence-electron chi connectivity index (χ1n) is 7.76. The Morgan fingerprint density at radius 2 is 2.04 bits per heavy atom. The number of hydrogen-bond donors (Lipinski definition) is 2. The molecule has 0 aromatic heterocycles. The van der Waals surface area contributed by atoms with Gasteiger partial charge in [0.15, 0.2) is 11.6 Å². The number of hydrogen-bond acceptors (Lipinski definition) is 3. The lowest BCUT2D eigenvalue weighted by Gasteiger charge is -2.29. The van der Waals surface area contributed by atoms with Crippen molar-refractivity contribution in [2.45, 2.75) is 25.3 Å². The fourth-order valence-corrected chi connectivity index (χ4v) is 3.72. The standard InChI is InChI=1S/C16H21F2N3O.ClH/c17-13-5-4-11(6-14(13)18)20-16(22)9-21-7-10-2-1-3-15(19)12(10)8-21;/h4-6,10,12,15H,1-3,7-9,19H2,(H,20,22);1H. The number of likely N-dealkylation sites (tertiary alicyclic amines) is 1. The van der Waals surface area contributed by atoms with Gasteiger partial charge in [0, 0.05) is 30.9 Å². The van der Waals surface area contributed by atoms with Gasteiger partial charge in [0.25, 0.3) is 0 Å². The Kier molecular flexibility index (Phi) is 5.95. The van der Waals surface area contributed by atoms with Crippen molar-refractivity contribution >= 4 is 24.0 Å². The zero-order valence-corrected chi connectivity index (χ0v) is 13.6. The Morgan fingerprint density at radius 3 is 2.74 bits per heavy atom. The fourth-order valence-electron chi connectivity index (χ4n) is 3.72. The monoisotopic (exact) mass is 345 g/mol. The molecule has 1 aliphatic heterocycles. The number of carbonyl (C=O) groups is 1. The summed E-state index contributed by atoms with van der Waals surface area (Å²) in [6, 6.07) is 3.59. The molecule has 1 aliphatic carbocycles. The predicted molar refractivity (Wildman–Crippen MR) is 87.5 cm³/mol. The van der Waals surface area contributed by atoms with Gasteiger partial charge in [-0.3, -0.25) is 9.69 Å². The first-order chi connectivity index (χ1) is 10.5. The summed E-state index contributed by atoms with van der Waals surface area (Å²) in [5.74, 6) is -1.03. The summed E-state index contributed by atoms with van der Waals surface area (Å²) in [6.07, 6.45) is 3.41. The van der Waals surface area contributed by atoms with E-state index in [-0.39, 0.29) is 36.6 Å². The van der Waals surface area contributed by atoms with Gasteiger partial charge >= 0.3 is 0 Å². The van der Waals surface area contributed by atoms with Crippen LogP contribution in [0.2, 0.25) is 0 Å². The second-order valence-electron chi connectivity index (χ2n) is 6.39. The van der Waals surface area contributed by atoms with E-state index in [0.29, 0.717) is 11.8 Å². The van der Waals surface area contributed by atoms with Crippen LogP contribution in [0.1, 0.15) is 19.3 Å². The maximum absolute atomic E-state index is 13.1. The van der Waals surface area contributed by atoms with E-state index in [9.17, 15) is 13.6 Å². The van der Waals surface area contributed by atoms with E-state index in [4.69, 9.17) is 5.73 Å². The number of anilines is 1. The zero-order valence-electron chi connectivity index (χ0n) is 12.8. The molecule has 2 aliphatic rings. The summed E-state index contributed by atoms with van der Waals surface area (Å²) in [5.41, 5.74) is 6.44. The molecule has 1 saturated carbocycles. The molecule has 3 unspecified atom stereocenters. The van der Waals surface area contributed by atoms with Crippen LogP contribution in [0, 0.1) is 23.5 Å². The molecule has 3 atom stereocenters. The van der Waals surface area contributed by atoms with Crippen LogP contribution in [0.3, 0.4) is 0 Å².